The molecule has 0 saturated heterocycles. The van der Waals surface area contributed by atoms with E-state index in [-0.39, 0.29) is 17.7 Å². The molecule has 5 heteroatoms. The van der Waals surface area contributed by atoms with Crippen molar-refractivity contribution in [2.45, 2.75) is 27.2 Å². The van der Waals surface area contributed by atoms with Crippen LogP contribution in [0.3, 0.4) is 0 Å². The number of benzene rings is 3. The molecule has 1 heterocycles. The fourth-order valence-electron chi connectivity index (χ4n) is 4.34. The van der Waals surface area contributed by atoms with E-state index >= 15 is 0 Å². The van der Waals surface area contributed by atoms with Gasteiger partial charge in [0.25, 0.3) is 5.91 Å². The Morgan fingerprint density at radius 2 is 1.58 bits per heavy atom. The van der Waals surface area contributed by atoms with E-state index in [0.29, 0.717) is 31.7 Å². The first kappa shape index (κ1) is 22.6. The monoisotopic (exact) mass is 442 g/mol. The Morgan fingerprint density at radius 3 is 2.27 bits per heavy atom. The van der Waals surface area contributed by atoms with E-state index in [4.69, 9.17) is 4.74 Å². The van der Waals surface area contributed by atoms with Crippen LogP contribution < -0.4 is 14.5 Å². The first-order valence-corrected chi connectivity index (χ1v) is 11.4. The molecular weight excluding hydrogens is 412 g/mol. The Labute approximate surface area is 195 Å². The van der Waals surface area contributed by atoms with Gasteiger partial charge in [0.15, 0.2) is 0 Å². The molecular formula is C28H30N2O3. The van der Waals surface area contributed by atoms with E-state index in [0.717, 1.165) is 17.1 Å². The van der Waals surface area contributed by atoms with Gasteiger partial charge in [-0.25, -0.2) is 0 Å². The number of rotatable bonds is 6. The van der Waals surface area contributed by atoms with Crippen LogP contribution in [0, 0.1) is 19.8 Å². The maximum absolute atomic E-state index is 13.3. The van der Waals surface area contributed by atoms with E-state index in [1.807, 2.05) is 78.6 Å². The minimum atomic E-state index is -0.314. The zero-order valence-electron chi connectivity index (χ0n) is 19.5. The molecule has 1 aliphatic rings. The summed E-state index contributed by atoms with van der Waals surface area (Å²) in [7, 11) is 0. The van der Waals surface area contributed by atoms with Crippen molar-refractivity contribution in [2.75, 3.05) is 29.5 Å². The van der Waals surface area contributed by atoms with Crippen LogP contribution in [0.15, 0.2) is 72.8 Å². The lowest BCUT2D eigenvalue weighted by Crippen LogP contribution is -2.39. The summed E-state index contributed by atoms with van der Waals surface area (Å²) in [6, 6.07) is 23.0. The summed E-state index contributed by atoms with van der Waals surface area (Å²) in [5, 5.41) is 0. The molecule has 0 saturated carbocycles. The van der Waals surface area contributed by atoms with Crippen LogP contribution in [0.1, 0.15) is 34.8 Å². The second-order valence-electron chi connectivity index (χ2n) is 8.69. The van der Waals surface area contributed by atoms with Gasteiger partial charge < -0.3 is 14.5 Å². The zero-order valence-corrected chi connectivity index (χ0v) is 19.5. The van der Waals surface area contributed by atoms with Crippen LogP contribution in [0.5, 0.6) is 5.75 Å². The van der Waals surface area contributed by atoms with E-state index in [2.05, 4.69) is 19.9 Å². The number of hydrogen-bond donors (Lipinski definition) is 0. The first-order chi connectivity index (χ1) is 15.9. The van der Waals surface area contributed by atoms with Crippen molar-refractivity contribution in [1.82, 2.24) is 0 Å². The van der Waals surface area contributed by atoms with Crippen LogP contribution in [0.2, 0.25) is 0 Å². The lowest BCUT2D eigenvalue weighted by Gasteiger charge is -2.25. The molecule has 1 unspecified atom stereocenters. The largest absolute Gasteiger partial charge is 0.494 e. The highest BCUT2D eigenvalue weighted by Crippen LogP contribution is 2.35. The maximum atomic E-state index is 13.3. The highest BCUT2D eigenvalue weighted by atomic mass is 16.5. The SMILES string of the molecule is Cc1cc(C)cc(OCCCN2C(=O)C(C)CN(C(=O)c3ccccc3)c3ccccc32)c1. The van der Waals surface area contributed by atoms with Crippen molar-refractivity contribution in [3.05, 3.63) is 89.5 Å². The van der Waals surface area contributed by atoms with Crippen molar-refractivity contribution in [3.63, 3.8) is 0 Å². The van der Waals surface area contributed by atoms with Gasteiger partial charge in [0.1, 0.15) is 5.75 Å². The van der Waals surface area contributed by atoms with Gasteiger partial charge in [-0.15, -0.1) is 0 Å². The Bertz CT molecular complexity index is 1120. The Hall–Kier alpha value is -3.60. The number of nitrogens with zero attached hydrogens (tertiary/aromatic N) is 2. The zero-order chi connectivity index (χ0) is 23.4. The third kappa shape index (κ3) is 5.08. The van der Waals surface area contributed by atoms with E-state index in [1.54, 1.807) is 4.90 Å². The molecule has 1 atom stereocenters. The number of para-hydroxylation sites is 2. The summed E-state index contributed by atoms with van der Waals surface area (Å²) in [4.78, 5) is 30.2. The third-order valence-electron chi connectivity index (χ3n) is 5.86. The van der Waals surface area contributed by atoms with Crippen molar-refractivity contribution in [1.29, 1.82) is 0 Å². The van der Waals surface area contributed by atoms with E-state index < -0.39 is 0 Å². The predicted molar refractivity (Wildman–Crippen MR) is 132 cm³/mol. The van der Waals surface area contributed by atoms with Gasteiger partial charge in [0.05, 0.1) is 23.9 Å². The summed E-state index contributed by atoms with van der Waals surface area (Å²) in [6.07, 6.45) is 0.687. The highest BCUT2D eigenvalue weighted by Gasteiger charge is 2.33. The molecule has 0 aromatic heterocycles. The Kier molecular flexibility index (Phi) is 6.78. The molecule has 3 aromatic carbocycles. The van der Waals surface area contributed by atoms with Crippen LogP contribution in [-0.2, 0) is 4.79 Å². The lowest BCUT2D eigenvalue weighted by atomic mass is 10.1. The fourth-order valence-corrected chi connectivity index (χ4v) is 4.34. The van der Waals surface area contributed by atoms with Gasteiger partial charge in [0, 0.05) is 18.7 Å². The molecule has 5 nitrogen and oxygen atoms in total. The molecule has 0 bridgehead atoms. The average Bonchev–Trinajstić information content (AvgIpc) is 2.91. The van der Waals surface area contributed by atoms with Crippen LogP contribution in [0.4, 0.5) is 11.4 Å². The maximum Gasteiger partial charge on any atom is 0.258 e. The van der Waals surface area contributed by atoms with Crippen LogP contribution >= 0.6 is 0 Å². The standard InChI is InChI=1S/C28H30N2O3/c1-20-16-21(2)18-24(17-20)33-15-9-14-29-25-12-7-8-13-26(25)30(19-22(3)27(29)31)28(32)23-10-5-4-6-11-23/h4-8,10-13,16-18,22H,9,14-15,19H2,1-3H3. The molecule has 3 aromatic rings. The number of carbonyl (C=O) groups is 2. The first-order valence-electron chi connectivity index (χ1n) is 11.4. The molecule has 170 valence electrons. The van der Waals surface area contributed by atoms with Gasteiger partial charge in [0.2, 0.25) is 5.91 Å². The van der Waals surface area contributed by atoms with Crippen molar-refractivity contribution in [2.24, 2.45) is 5.92 Å². The van der Waals surface area contributed by atoms with Crippen molar-refractivity contribution in [3.8, 4) is 5.75 Å². The number of hydrogen-bond acceptors (Lipinski definition) is 3. The number of anilines is 2. The summed E-state index contributed by atoms with van der Waals surface area (Å²) >= 11 is 0. The quantitative estimate of drug-likeness (QED) is 0.480. The number of fused-ring (bicyclic) bond motifs is 1. The predicted octanol–water partition coefficient (Wildman–Crippen LogP) is 5.40. The summed E-state index contributed by atoms with van der Waals surface area (Å²) in [6.45, 7) is 7.37. The third-order valence-corrected chi connectivity index (χ3v) is 5.86. The second-order valence-corrected chi connectivity index (χ2v) is 8.69. The average molecular weight is 443 g/mol. The molecule has 4 rings (SSSR count). The summed E-state index contributed by atoms with van der Waals surface area (Å²) < 4.78 is 5.95. The van der Waals surface area contributed by atoms with Crippen molar-refractivity contribution >= 4 is 23.2 Å². The summed E-state index contributed by atoms with van der Waals surface area (Å²) in [5.74, 6) is 0.466. The molecule has 1 aliphatic heterocycles. The number of carbonyl (C=O) groups excluding carboxylic acids is 2. The van der Waals surface area contributed by atoms with Gasteiger partial charge >= 0.3 is 0 Å². The molecule has 0 radical (unpaired) electrons. The van der Waals surface area contributed by atoms with E-state index in [1.165, 1.54) is 11.1 Å². The van der Waals surface area contributed by atoms with Crippen LogP contribution in [-0.4, -0.2) is 31.5 Å². The molecule has 2 amide bonds. The van der Waals surface area contributed by atoms with Crippen molar-refractivity contribution < 1.29 is 14.3 Å². The molecule has 33 heavy (non-hydrogen) atoms. The fraction of sp³-hybridized carbons (Fsp3) is 0.286. The van der Waals surface area contributed by atoms with Gasteiger partial charge in [-0.05, 0) is 67.8 Å². The molecule has 0 N–H and O–H groups in total. The molecule has 0 fully saturated rings. The molecule has 0 spiro atoms. The van der Waals surface area contributed by atoms with Gasteiger partial charge in [-0.1, -0.05) is 43.3 Å². The van der Waals surface area contributed by atoms with E-state index in [9.17, 15) is 9.59 Å². The minimum Gasteiger partial charge on any atom is -0.494 e. The normalized spacial score (nSPS) is 15.7. The molecule has 0 aliphatic carbocycles. The number of ether oxygens (including phenoxy) is 1. The second kappa shape index (κ2) is 9.90. The minimum absolute atomic E-state index is 0.0252. The Morgan fingerprint density at radius 1 is 0.939 bits per heavy atom. The number of amides is 2. The summed E-state index contributed by atoms with van der Waals surface area (Å²) in [5.41, 5.74) is 4.47. The van der Waals surface area contributed by atoms with Gasteiger partial charge in [-0.3, -0.25) is 9.59 Å². The highest BCUT2D eigenvalue weighted by molar-refractivity contribution is 6.11. The Balaban J connectivity index is 1.53. The smallest absolute Gasteiger partial charge is 0.258 e. The van der Waals surface area contributed by atoms with Gasteiger partial charge in [-0.2, -0.15) is 0 Å². The topological polar surface area (TPSA) is 49.9 Å². The van der Waals surface area contributed by atoms with Crippen LogP contribution in [0.25, 0.3) is 0 Å². The number of aryl methyl sites for hydroxylation is 2. The lowest BCUT2D eigenvalue weighted by molar-refractivity contribution is -0.121.